The van der Waals surface area contributed by atoms with E-state index < -0.39 is 0 Å². The molecule has 0 bridgehead atoms. The zero-order valence-corrected chi connectivity index (χ0v) is 10.4. The summed E-state index contributed by atoms with van der Waals surface area (Å²) in [5.41, 5.74) is 1.34. The molecule has 2 aromatic rings. The van der Waals surface area contributed by atoms with Crippen LogP contribution < -0.4 is 4.74 Å². The van der Waals surface area contributed by atoms with Gasteiger partial charge in [-0.2, -0.15) is 0 Å². The monoisotopic (exact) mass is 230 g/mol. The zero-order valence-electron chi connectivity index (χ0n) is 10.4. The number of benzene rings is 2. The van der Waals surface area contributed by atoms with Gasteiger partial charge in [0, 0.05) is 12.5 Å². The quantitative estimate of drug-likeness (QED) is 0.728. The summed E-state index contributed by atoms with van der Waals surface area (Å²) in [5, 5.41) is 2.44. The predicted octanol–water partition coefficient (Wildman–Crippen LogP) is 3.78. The Morgan fingerprint density at radius 2 is 1.82 bits per heavy atom. The maximum atomic E-state index is 5.63. The van der Waals surface area contributed by atoms with Crippen molar-refractivity contribution in [1.29, 1.82) is 0 Å². The van der Waals surface area contributed by atoms with E-state index >= 15 is 0 Å². The lowest BCUT2D eigenvalue weighted by atomic mass is 10.0. The number of hydrogen-bond acceptors (Lipinski definition) is 2. The van der Waals surface area contributed by atoms with Crippen molar-refractivity contribution in [2.75, 3.05) is 13.9 Å². The van der Waals surface area contributed by atoms with E-state index in [1.165, 1.54) is 16.3 Å². The third kappa shape index (κ3) is 2.59. The Morgan fingerprint density at radius 3 is 2.53 bits per heavy atom. The maximum Gasteiger partial charge on any atom is 0.188 e. The van der Waals surface area contributed by atoms with Gasteiger partial charge in [0.15, 0.2) is 6.79 Å². The highest BCUT2D eigenvalue weighted by Gasteiger charge is 2.06. The van der Waals surface area contributed by atoms with Gasteiger partial charge in [0.25, 0.3) is 0 Å². The molecule has 0 N–H and O–H groups in total. The summed E-state index contributed by atoms with van der Waals surface area (Å²) in [5.74, 6) is 0.911. The molecule has 0 amide bonds. The van der Waals surface area contributed by atoms with Crippen molar-refractivity contribution in [3.8, 4) is 5.75 Å². The number of aryl methyl sites for hydroxylation is 1. The van der Waals surface area contributed by atoms with Gasteiger partial charge in [0.1, 0.15) is 5.75 Å². The number of methoxy groups -OCH3 is 1. The molecule has 0 aromatic heterocycles. The highest BCUT2D eigenvalue weighted by atomic mass is 16.7. The smallest absolute Gasteiger partial charge is 0.188 e. The van der Waals surface area contributed by atoms with Crippen LogP contribution in [0.4, 0.5) is 0 Å². The Hall–Kier alpha value is -1.54. The van der Waals surface area contributed by atoms with E-state index in [0.717, 1.165) is 18.6 Å². The fourth-order valence-corrected chi connectivity index (χ4v) is 2.10. The second-order valence-electron chi connectivity index (χ2n) is 4.07. The lowest BCUT2D eigenvalue weighted by Crippen LogP contribution is -2.00. The number of hydrogen-bond donors (Lipinski definition) is 0. The normalized spacial score (nSPS) is 10.7. The molecule has 2 aromatic carbocycles. The molecule has 0 spiro atoms. The van der Waals surface area contributed by atoms with Gasteiger partial charge in [-0.25, -0.2) is 0 Å². The summed E-state index contributed by atoms with van der Waals surface area (Å²) in [6, 6.07) is 12.5. The molecule has 0 unspecified atom stereocenters. The van der Waals surface area contributed by atoms with Gasteiger partial charge < -0.3 is 9.47 Å². The molecule has 0 heterocycles. The summed E-state index contributed by atoms with van der Waals surface area (Å²) in [7, 11) is 1.64. The molecule has 0 radical (unpaired) electrons. The van der Waals surface area contributed by atoms with Crippen LogP contribution in [0.5, 0.6) is 5.75 Å². The summed E-state index contributed by atoms with van der Waals surface area (Å²) < 4.78 is 10.6. The third-order valence-electron chi connectivity index (χ3n) is 2.80. The first kappa shape index (κ1) is 11.9. The minimum atomic E-state index is 0.291. The van der Waals surface area contributed by atoms with Crippen molar-refractivity contribution in [1.82, 2.24) is 0 Å². The van der Waals surface area contributed by atoms with Crippen molar-refractivity contribution in [3.05, 3.63) is 42.0 Å². The number of ether oxygens (including phenoxy) is 2. The second kappa shape index (κ2) is 5.69. The van der Waals surface area contributed by atoms with E-state index in [4.69, 9.17) is 9.47 Å². The van der Waals surface area contributed by atoms with Crippen LogP contribution in [0.2, 0.25) is 0 Å². The fraction of sp³-hybridized carbons (Fsp3) is 0.333. The molecule has 2 rings (SSSR count). The molecule has 0 aliphatic rings. The lowest BCUT2D eigenvalue weighted by molar-refractivity contribution is 0.0522. The Bertz CT molecular complexity index is 486. The van der Waals surface area contributed by atoms with Gasteiger partial charge in [0.2, 0.25) is 0 Å². The number of rotatable bonds is 5. The highest BCUT2D eigenvalue weighted by molar-refractivity contribution is 5.91. The van der Waals surface area contributed by atoms with Crippen molar-refractivity contribution < 1.29 is 9.47 Å². The van der Waals surface area contributed by atoms with Gasteiger partial charge in [-0.15, -0.1) is 0 Å². The largest absolute Gasteiger partial charge is 0.467 e. The van der Waals surface area contributed by atoms with Crippen LogP contribution in [-0.2, 0) is 11.2 Å². The van der Waals surface area contributed by atoms with E-state index in [2.05, 4.69) is 31.2 Å². The van der Waals surface area contributed by atoms with Crippen LogP contribution in [0.15, 0.2) is 36.4 Å². The molecule has 0 aliphatic heterocycles. The minimum absolute atomic E-state index is 0.291. The van der Waals surface area contributed by atoms with Crippen LogP contribution in [0.1, 0.15) is 18.9 Å². The van der Waals surface area contributed by atoms with Gasteiger partial charge in [0.05, 0.1) is 0 Å². The first-order valence-electron chi connectivity index (χ1n) is 5.99. The van der Waals surface area contributed by atoms with E-state index in [1.54, 1.807) is 7.11 Å². The van der Waals surface area contributed by atoms with Crippen molar-refractivity contribution in [2.45, 2.75) is 19.8 Å². The van der Waals surface area contributed by atoms with Gasteiger partial charge in [-0.3, -0.25) is 0 Å². The van der Waals surface area contributed by atoms with E-state index in [9.17, 15) is 0 Å². The Balaban J connectivity index is 2.50. The van der Waals surface area contributed by atoms with Crippen LogP contribution >= 0.6 is 0 Å². The van der Waals surface area contributed by atoms with Gasteiger partial charge in [-0.05, 0) is 23.4 Å². The van der Waals surface area contributed by atoms with Crippen LogP contribution in [0, 0.1) is 0 Å². The molecule has 0 saturated heterocycles. The Labute approximate surface area is 102 Å². The molecule has 0 saturated carbocycles. The molecule has 0 aliphatic carbocycles. The molecule has 90 valence electrons. The van der Waals surface area contributed by atoms with Crippen molar-refractivity contribution >= 4 is 10.8 Å². The molecular weight excluding hydrogens is 212 g/mol. The van der Waals surface area contributed by atoms with Crippen LogP contribution in [0.25, 0.3) is 10.8 Å². The SMILES string of the molecule is CCCc1cccc2cccc(OCOC)c12. The average Bonchev–Trinajstić information content (AvgIpc) is 2.37. The Kier molecular flexibility index (Phi) is 3.99. The van der Waals surface area contributed by atoms with Gasteiger partial charge >= 0.3 is 0 Å². The molecule has 0 atom stereocenters. The van der Waals surface area contributed by atoms with Crippen LogP contribution in [-0.4, -0.2) is 13.9 Å². The summed E-state index contributed by atoms with van der Waals surface area (Å²) in [4.78, 5) is 0. The number of fused-ring (bicyclic) bond motifs is 1. The topological polar surface area (TPSA) is 18.5 Å². The first-order valence-corrected chi connectivity index (χ1v) is 5.99. The summed E-state index contributed by atoms with van der Waals surface area (Å²) >= 11 is 0. The second-order valence-corrected chi connectivity index (χ2v) is 4.07. The summed E-state index contributed by atoms with van der Waals surface area (Å²) in [6.45, 7) is 2.48. The fourth-order valence-electron chi connectivity index (χ4n) is 2.10. The van der Waals surface area contributed by atoms with Crippen LogP contribution in [0.3, 0.4) is 0 Å². The molecule has 2 nitrogen and oxygen atoms in total. The minimum Gasteiger partial charge on any atom is -0.467 e. The van der Waals surface area contributed by atoms with Crippen molar-refractivity contribution in [3.63, 3.8) is 0 Å². The standard InChI is InChI=1S/C15H18O2/c1-3-6-12-7-4-8-13-9-5-10-14(15(12)13)17-11-16-2/h4-5,7-10H,3,6,11H2,1-2H3. The van der Waals surface area contributed by atoms with E-state index in [1.807, 2.05) is 12.1 Å². The van der Waals surface area contributed by atoms with E-state index in [0.29, 0.717) is 6.79 Å². The maximum absolute atomic E-state index is 5.63. The molecule has 17 heavy (non-hydrogen) atoms. The third-order valence-corrected chi connectivity index (χ3v) is 2.80. The van der Waals surface area contributed by atoms with Gasteiger partial charge in [-0.1, -0.05) is 43.7 Å². The van der Waals surface area contributed by atoms with Crippen molar-refractivity contribution in [2.24, 2.45) is 0 Å². The zero-order chi connectivity index (χ0) is 12.1. The van der Waals surface area contributed by atoms with E-state index in [-0.39, 0.29) is 0 Å². The summed E-state index contributed by atoms with van der Waals surface area (Å²) in [6.07, 6.45) is 2.21. The Morgan fingerprint density at radius 1 is 1.06 bits per heavy atom. The molecule has 0 fully saturated rings. The predicted molar refractivity (Wildman–Crippen MR) is 70.4 cm³/mol. The molecular formula is C15H18O2. The average molecular weight is 230 g/mol. The molecule has 2 heteroatoms. The first-order chi connectivity index (χ1) is 8.36. The lowest BCUT2D eigenvalue weighted by Gasteiger charge is -2.11. The highest BCUT2D eigenvalue weighted by Crippen LogP contribution is 2.29.